The highest BCUT2D eigenvalue weighted by Gasteiger charge is 2.74. The van der Waals surface area contributed by atoms with Crippen molar-refractivity contribution in [1.82, 2.24) is 0 Å². The van der Waals surface area contributed by atoms with Crippen molar-refractivity contribution in [3.05, 3.63) is 0 Å². The molecule has 0 radical (unpaired) electrons. The summed E-state index contributed by atoms with van der Waals surface area (Å²) in [5, 5.41) is 143. The third kappa shape index (κ3) is 8.56. The first-order valence-corrected chi connectivity index (χ1v) is 24.9. The summed E-state index contributed by atoms with van der Waals surface area (Å²) in [5.41, 5.74) is -4.00. The van der Waals surface area contributed by atoms with Gasteiger partial charge in [-0.2, -0.15) is 0 Å². The minimum atomic E-state index is -1.90. The van der Waals surface area contributed by atoms with Gasteiger partial charge in [-0.1, -0.05) is 34.6 Å². The quantitative estimate of drug-likeness (QED) is 0.101. The molecule has 0 aromatic rings. The van der Waals surface area contributed by atoms with Gasteiger partial charge in [-0.3, -0.25) is 0 Å². The van der Waals surface area contributed by atoms with E-state index < -0.39 is 169 Å². The van der Waals surface area contributed by atoms with Crippen LogP contribution in [0, 0.1) is 45.3 Å². The molecule has 0 aromatic heterocycles. The van der Waals surface area contributed by atoms with Crippen LogP contribution in [0.3, 0.4) is 0 Å². The molecule has 0 amide bonds. The number of hydrogen-bond acceptors (Lipinski definition) is 20. The fourth-order valence-corrected chi connectivity index (χ4v) is 15.5. The third-order valence-electron chi connectivity index (χ3n) is 19.5. The molecule has 4 saturated heterocycles. The molecule has 20 nitrogen and oxygen atoms in total. The molecule has 4 saturated carbocycles. The lowest BCUT2D eigenvalue weighted by Crippen LogP contribution is -2.71. The fraction of sp³-hybridized carbons (Fsp3) is 1.00. The molecule has 4 heterocycles. The van der Waals surface area contributed by atoms with Gasteiger partial charge in [-0.25, -0.2) is 0 Å². The van der Waals surface area contributed by atoms with Crippen molar-refractivity contribution in [1.29, 1.82) is 0 Å². The van der Waals surface area contributed by atoms with Crippen LogP contribution in [0.1, 0.15) is 107 Å². The maximum atomic E-state index is 12.5. The Kier molecular flexibility index (Phi) is 14.8. The van der Waals surface area contributed by atoms with Crippen LogP contribution in [-0.4, -0.2) is 214 Å². The Bertz CT molecular complexity index is 1750. The van der Waals surface area contributed by atoms with E-state index in [0.29, 0.717) is 32.1 Å². The van der Waals surface area contributed by atoms with E-state index >= 15 is 0 Å². The molecular formula is C48H82O20. The second kappa shape index (κ2) is 18.8. The molecule has 0 aromatic carbocycles. The van der Waals surface area contributed by atoms with E-state index in [4.69, 9.17) is 33.2 Å². The Morgan fingerprint density at radius 3 is 1.76 bits per heavy atom. The van der Waals surface area contributed by atoms with Gasteiger partial charge in [0, 0.05) is 0 Å². The van der Waals surface area contributed by atoms with Gasteiger partial charge in [-0.15, -0.1) is 0 Å². The summed E-state index contributed by atoms with van der Waals surface area (Å²) >= 11 is 0. The Balaban J connectivity index is 1.15. The number of hydrogen-bond donors (Lipinski definition) is 13. The van der Waals surface area contributed by atoms with Gasteiger partial charge in [0.05, 0.1) is 55.4 Å². The van der Waals surface area contributed by atoms with Gasteiger partial charge in [-0.05, 0) is 117 Å². The highest BCUT2D eigenvalue weighted by molar-refractivity contribution is 5.22. The maximum Gasteiger partial charge on any atom is 0.187 e. The standard InChI is InChI=1S/C48H82O20/c1-43(2)27(52)10-12-45(5)26-15-21(51)29-20(48(8)14-11-28(68-48)44(3,4)61)9-13-46(29,6)47(26,7)16-22(39(43)45)63-42-38(67-41-37(60)34(57)31(54)24(18-50)65-41)35(58)32(55)25(66-42)19-62-40-36(59)33(56)30(53)23(17-49)64-40/h20-42,49-61H,9-19H2,1-8H3/t20-,21-,22+,23-,24+,25+,26-,27-,28-,29+,30-,31+,32+,33+,34-,35-,36-,37+,38+,39-,40-,41-,42+,45-,46+,47-,48+/m0/s1. The lowest BCUT2D eigenvalue weighted by Gasteiger charge is -2.72. The second-order valence-corrected chi connectivity index (χ2v) is 24.1. The molecule has 0 unspecified atom stereocenters. The zero-order valence-electron chi connectivity index (χ0n) is 40.7. The Hall–Kier alpha value is -0.800. The fourth-order valence-electron chi connectivity index (χ4n) is 15.5. The van der Waals surface area contributed by atoms with Crippen molar-refractivity contribution in [2.75, 3.05) is 19.8 Å². The average molecular weight is 979 g/mol. The summed E-state index contributed by atoms with van der Waals surface area (Å²) in [4.78, 5) is 0. The van der Waals surface area contributed by atoms with Crippen molar-refractivity contribution in [3.63, 3.8) is 0 Å². The zero-order chi connectivity index (χ0) is 50.0. The van der Waals surface area contributed by atoms with Crippen molar-refractivity contribution >= 4 is 0 Å². The van der Waals surface area contributed by atoms with Crippen molar-refractivity contribution < 1.29 is 99.5 Å². The highest BCUT2D eigenvalue weighted by atomic mass is 16.8. The van der Waals surface area contributed by atoms with E-state index in [1.54, 1.807) is 13.8 Å². The number of rotatable bonds is 11. The van der Waals surface area contributed by atoms with Crippen LogP contribution >= 0.6 is 0 Å². The summed E-state index contributed by atoms with van der Waals surface area (Å²) in [6.07, 6.45) is -22.9. The van der Waals surface area contributed by atoms with E-state index in [0.717, 1.165) is 19.3 Å². The molecule has 8 rings (SSSR count). The molecule has 8 aliphatic rings. The Labute approximate surface area is 398 Å². The molecular weight excluding hydrogens is 897 g/mol. The highest BCUT2D eigenvalue weighted by Crippen LogP contribution is 2.76. The summed E-state index contributed by atoms with van der Waals surface area (Å²) < 4.78 is 43.7. The molecule has 394 valence electrons. The molecule has 0 bridgehead atoms. The minimum Gasteiger partial charge on any atom is -0.394 e. The van der Waals surface area contributed by atoms with E-state index in [2.05, 4.69) is 27.7 Å². The van der Waals surface area contributed by atoms with Gasteiger partial charge < -0.3 is 99.5 Å². The lowest BCUT2D eigenvalue weighted by atomic mass is 9.34. The van der Waals surface area contributed by atoms with Gasteiger partial charge in [0.2, 0.25) is 0 Å². The molecule has 27 atom stereocenters. The van der Waals surface area contributed by atoms with E-state index in [9.17, 15) is 66.4 Å². The van der Waals surface area contributed by atoms with Crippen molar-refractivity contribution in [2.45, 2.75) is 234 Å². The molecule has 68 heavy (non-hydrogen) atoms. The summed E-state index contributed by atoms with van der Waals surface area (Å²) in [6.45, 7) is 14.3. The van der Waals surface area contributed by atoms with E-state index in [1.807, 2.05) is 13.8 Å². The van der Waals surface area contributed by atoms with E-state index in [-0.39, 0.29) is 23.9 Å². The van der Waals surface area contributed by atoms with Crippen LogP contribution in [0.25, 0.3) is 0 Å². The number of aliphatic hydroxyl groups excluding tert-OH is 12. The first-order chi connectivity index (χ1) is 31.6. The van der Waals surface area contributed by atoms with Gasteiger partial charge in [0.1, 0.15) is 73.2 Å². The predicted octanol–water partition coefficient (Wildman–Crippen LogP) is -1.84. The topological polar surface area (TPSA) is 328 Å². The first-order valence-electron chi connectivity index (χ1n) is 24.9. The van der Waals surface area contributed by atoms with Gasteiger partial charge >= 0.3 is 0 Å². The van der Waals surface area contributed by atoms with Crippen LogP contribution in [-0.2, 0) is 33.2 Å². The summed E-state index contributed by atoms with van der Waals surface area (Å²) in [6, 6.07) is 0. The SMILES string of the molecule is CC(C)(O)[C@@H]1CC[C@](C)([C@H]2CC[C@]3(C)[C@H]2[C@@H](O)C[C@H]2[C@]4(C)CC[C@H](O)C(C)(C)[C@@H]4[C@H](O[C@@H]4O[C@H](CO[C@H]5O[C@@H](CO)[C@H](O)[C@@H](O)[C@@H]5O)[C@@H](O)[C@H](O)[C@H]4O[C@@H]4O[C@H](CO)[C@@H](O)[C@H](O)[C@H]4O)C[C@@]23C)O1. The maximum absolute atomic E-state index is 12.5. The van der Waals surface area contributed by atoms with Gasteiger partial charge in [0.15, 0.2) is 18.9 Å². The molecule has 20 heteroatoms. The monoisotopic (exact) mass is 979 g/mol. The van der Waals surface area contributed by atoms with Crippen LogP contribution in [0.5, 0.6) is 0 Å². The van der Waals surface area contributed by atoms with Gasteiger partial charge in [0.25, 0.3) is 0 Å². The minimum absolute atomic E-state index is 0.0266. The van der Waals surface area contributed by atoms with E-state index in [1.165, 1.54) is 0 Å². The van der Waals surface area contributed by atoms with Crippen molar-refractivity contribution in [3.8, 4) is 0 Å². The first kappa shape index (κ1) is 53.5. The largest absolute Gasteiger partial charge is 0.394 e. The molecule has 8 fully saturated rings. The molecule has 0 spiro atoms. The zero-order valence-corrected chi connectivity index (χ0v) is 40.7. The lowest BCUT2D eigenvalue weighted by molar-refractivity contribution is -0.387. The smallest absolute Gasteiger partial charge is 0.187 e. The normalized spacial score (nSPS) is 56.2. The number of ether oxygens (including phenoxy) is 7. The van der Waals surface area contributed by atoms with Crippen molar-refractivity contribution in [2.24, 2.45) is 45.3 Å². The second-order valence-electron chi connectivity index (χ2n) is 24.1. The third-order valence-corrected chi connectivity index (χ3v) is 19.5. The molecule has 4 aliphatic heterocycles. The number of aliphatic hydroxyl groups is 13. The Morgan fingerprint density at radius 1 is 0.603 bits per heavy atom. The summed E-state index contributed by atoms with van der Waals surface area (Å²) in [5.74, 6) is -0.676. The van der Waals surface area contributed by atoms with Crippen LogP contribution in [0.4, 0.5) is 0 Å². The number of fused-ring (bicyclic) bond motifs is 5. The molecule has 4 aliphatic carbocycles. The predicted molar refractivity (Wildman–Crippen MR) is 234 cm³/mol. The van der Waals surface area contributed by atoms with Crippen LogP contribution in [0.15, 0.2) is 0 Å². The summed E-state index contributed by atoms with van der Waals surface area (Å²) in [7, 11) is 0. The van der Waals surface area contributed by atoms with Crippen LogP contribution < -0.4 is 0 Å². The average Bonchev–Trinajstić information content (AvgIpc) is 3.88. The Morgan fingerprint density at radius 2 is 1.18 bits per heavy atom. The molecule has 13 N–H and O–H groups in total. The van der Waals surface area contributed by atoms with Crippen LogP contribution in [0.2, 0.25) is 0 Å².